The normalized spacial score (nSPS) is 11.7. The molecule has 0 bridgehead atoms. The molecule has 4 N–H and O–H groups in total. The molecule has 0 spiro atoms. The molecule has 0 unspecified atom stereocenters. The van der Waals surface area contributed by atoms with Gasteiger partial charge in [-0.15, -0.1) is 0 Å². The van der Waals surface area contributed by atoms with E-state index in [1.54, 1.807) is 6.20 Å². The summed E-state index contributed by atoms with van der Waals surface area (Å²) in [4.78, 5) is 28.2. The highest BCUT2D eigenvalue weighted by molar-refractivity contribution is 9.10. The summed E-state index contributed by atoms with van der Waals surface area (Å²) in [6.45, 7) is 0. The number of rotatable bonds is 5. The van der Waals surface area contributed by atoms with Gasteiger partial charge in [0.1, 0.15) is 0 Å². The maximum Gasteiger partial charge on any atom is 0.312 e. The molecule has 0 aliphatic rings. The van der Waals surface area contributed by atoms with Crippen LogP contribution in [0.25, 0.3) is 10.9 Å². The third-order valence-corrected chi connectivity index (χ3v) is 4.43. The van der Waals surface area contributed by atoms with Crippen LogP contribution in [0, 0.1) is 0 Å². The van der Waals surface area contributed by atoms with E-state index < -0.39 is 12.1 Å². The van der Waals surface area contributed by atoms with Crippen LogP contribution in [0.15, 0.2) is 65.3 Å². The Bertz CT molecular complexity index is 938. The summed E-state index contributed by atoms with van der Waals surface area (Å²) in [6.07, 6.45) is 1.76. The second-order valence-electron chi connectivity index (χ2n) is 5.74. The first-order chi connectivity index (χ1) is 12.5. The van der Waals surface area contributed by atoms with Crippen LogP contribution in [0.4, 0.5) is 10.5 Å². The van der Waals surface area contributed by atoms with E-state index in [1.807, 2.05) is 54.6 Å². The van der Waals surface area contributed by atoms with Crippen LogP contribution in [0.2, 0.25) is 0 Å². The Kier molecular flexibility index (Phi) is 5.48. The van der Waals surface area contributed by atoms with Crippen LogP contribution in [0.1, 0.15) is 18.0 Å². The fraction of sp³-hybridized carbons (Fsp3) is 0.105. The summed E-state index contributed by atoms with van der Waals surface area (Å²) in [6, 6.07) is 15.4. The topological polar surface area (TPSA) is 97.1 Å². The highest BCUT2D eigenvalue weighted by Gasteiger charge is 2.18. The van der Waals surface area contributed by atoms with Gasteiger partial charge in [0.25, 0.3) is 0 Å². The maximum absolute atomic E-state index is 12.6. The van der Waals surface area contributed by atoms with Crippen molar-refractivity contribution >= 4 is 44.5 Å². The molecule has 3 aromatic rings. The minimum absolute atomic E-state index is 0.0568. The molecule has 0 radical (unpaired) electrons. The van der Waals surface area contributed by atoms with E-state index >= 15 is 0 Å². The van der Waals surface area contributed by atoms with Crippen LogP contribution < -0.4 is 16.4 Å². The number of primary amides is 1. The number of anilines is 1. The van der Waals surface area contributed by atoms with E-state index in [0.717, 1.165) is 20.9 Å². The lowest BCUT2D eigenvalue weighted by Crippen LogP contribution is -2.35. The standard InChI is InChI=1S/C19H17BrN4O2/c20-13-8-6-12(7-9-13)17(24-19(21)26)11-18(25)23-16-5-1-4-15-14(16)3-2-10-22-15/h1-10,17H,11H2,(H,23,25)(H3,21,24,26)/t17-/m1/s1. The Balaban J connectivity index is 1.79. The Morgan fingerprint density at radius 1 is 1.08 bits per heavy atom. The maximum atomic E-state index is 12.6. The highest BCUT2D eigenvalue weighted by Crippen LogP contribution is 2.24. The molecule has 0 saturated carbocycles. The molecule has 6 nitrogen and oxygen atoms in total. The minimum atomic E-state index is -0.680. The summed E-state index contributed by atoms with van der Waals surface area (Å²) in [5.41, 5.74) is 7.53. The van der Waals surface area contributed by atoms with Gasteiger partial charge < -0.3 is 16.4 Å². The van der Waals surface area contributed by atoms with Gasteiger partial charge in [-0.25, -0.2) is 4.79 Å². The number of urea groups is 1. The molecular weight excluding hydrogens is 396 g/mol. The summed E-state index contributed by atoms with van der Waals surface area (Å²) in [5.74, 6) is -0.233. The lowest BCUT2D eigenvalue weighted by Gasteiger charge is -2.18. The average molecular weight is 413 g/mol. The Labute approximate surface area is 158 Å². The van der Waals surface area contributed by atoms with Gasteiger partial charge in [-0.1, -0.05) is 34.1 Å². The summed E-state index contributed by atoms with van der Waals surface area (Å²) in [7, 11) is 0. The number of halogens is 1. The predicted molar refractivity (Wildman–Crippen MR) is 105 cm³/mol. The third-order valence-electron chi connectivity index (χ3n) is 3.90. The van der Waals surface area contributed by atoms with Gasteiger partial charge in [0.15, 0.2) is 0 Å². The van der Waals surface area contributed by atoms with Crippen molar-refractivity contribution in [2.24, 2.45) is 5.73 Å². The number of amides is 3. The predicted octanol–water partition coefficient (Wildman–Crippen LogP) is 3.74. The Hall–Kier alpha value is -2.93. The molecule has 7 heteroatoms. The van der Waals surface area contributed by atoms with Gasteiger partial charge in [0.2, 0.25) is 5.91 Å². The second kappa shape index (κ2) is 7.97. The molecule has 0 aliphatic heterocycles. The van der Waals surface area contributed by atoms with Crippen molar-refractivity contribution in [3.05, 3.63) is 70.8 Å². The molecule has 0 fully saturated rings. The fourth-order valence-electron chi connectivity index (χ4n) is 2.72. The first-order valence-corrected chi connectivity index (χ1v) is 8.77. The molecule has 1 aromatic heterocycles. The average Bonchev–Trinajstić information content (AvgIpc) is 2.62. The number of aromatic nitrogens is 1. The summed E-state index contributed by atoms with van der Waals surface area (Å²) >= 11 is 3.37. The number of carbonyl (C=O) groups excluding carboxylic acids is 2. The van der Waals surface area contributed by atoms with Gasteiger partial charge in [-0.3, -0.25) is 9.78 Å². The fourth-order valence-corrected chi connectivity index (χ4v) is 2.98. The number of fused-ring (bicyclic) bond motifs is 1. The first-order valence-electron chi connectivity index (χ1n) is 7.98. The van der Waals surface area contributed by atoms with Gasteiger partial charge in [0, 0.05) is 16.1 Å². The molecule has 1 heterocycles. The van der Waals surface area contributed by atoms with Crippen molar-refractivity contribution in [1.29, 1.82) is 0 Å². The molecule has 0 saturated heterocycles. The van der Waals surface area contributed by atoms with Crippen molar-refractivity contribution < 1.29 is 9.59 Å². The zero-order valence-corrected chi connectivity index (χ0v) is 15.4. The number of benzene rings is 2. The minimum Gasteiger partial charge on any atom is -0.352 e. The van der Waals surface area contributed by atoms with Crippen molar-refractivity contribution in [3.8, 4) is 0 Å². The van der Waals surface area contributed by atoms with Crippen LogP contribution >= 0.6 is 15.9 Å². The largest absolute Gasteiger partial charge is 0.352 e. The van der Waals surface area contributed by atoms with Crippen LogP contribution in [0.3, 0.4) is 0 Å². The molecule has 132 valence electrons. The lowest BCUT2D eigenvalue weighted by atomic mass is 10.0. The number of nitrogens with zero attached hydrogens (tertiary/aromatic N) is 1. The number of carbonyl (C=O) groups is 2. The van der Waals surface area contributed by atoms with Crippen LogP contribution in [-0.2, 0) is 4.79 Å². The molecule has 1 atom stereocenters. The zero-order chi connectivity index (χ0) is 18.5. The highest BCUT2D eigenvalue weighted by atomic mass is 79.9. The molecule has 2 aromatic carbocycles. The molecule has 26 heavy (non-hydrogen) atoms. The molecular formula is C19H17BrN4O2. The smallest absolute Gasteiger partial charge is 0.312 e. The van der Waals surface area contributed by atoms with E-state index in [0.29, 0.717) is 5.69 Å². The Morgan fingerprint density at radius 3 is 2.58 bits per heavy atom. The van der Waals surface area contributed by atoms with Gasteiger partial charge in [-0.05, 0) is 42.0 Å². The number of nitrogens with two attached hydrogens (primary N) is 1. The van der Waals surface area contributed by atoms with E-state index in [1.165, 1.54) is 0 Å². The van der Waals surface area contributed by atoms with Gasteiger partial charge >= 0.3 is 6.03 Å². The molecule has 3 rings (SSSR count). The summed E-state index contributed by atoms with van der Waals surface area (Å²) < 4.78 is 0.909. The lowest BCUT2D eigenvalue weighted by molar-refractivity contribution is -0.116. The molecule has 3 amide bonds. The van der Waals surface area contributed by atoms with E-state index in [2.05, 4.69) is 31.5 Å². The number of nitrogens with one attached hydrogen (secondary N) is 2. The van der Waals surface area contributed by atoms with Crippen molar-refractivity contribution in [3.63, 3.8) is 0 Å². The monoisotopic (exact) mass is 412 g/mol. The van der Waals surface area contributed by atoms with E-state index in [-0.39, 0.29) is 12.3 Å². The van der Waals surface area contributed by atoms with E-state index in [4.69, 9.17) is 5.73 Å². The number of hydrogen-bond donors (Lipinski definition) is 3. The summed E-state index contributed by atoms with van der Waals surface area (Å²) in [5, 5.41) is 6.36. The van der Waals surface area contributed by atoms with Gasteiger partial charge in [0.05, 0.1) is 23.7 Å². The third kappa shape index (κ3) is 4.37. The Morgan fingerprint density at radius 2 is 1.85 bits per heavy atom. The quantitative estimate of drug-likeness (QED) is 0.595. The second-order valence-corrected chi connectivity index (χ2v) is 6.66. The number of pyridine rings is 1. The van der Waals surface area contributed by atoms with E-state index in [9.17, 15) is 9.59 Å². The van der Waals surface area contributed by atoms with Crippen LogP contribution in [0.5, 0.6) is 0 Å². The SMILES string of the molecule is NC(=O)N[C@H](CC(=O)Nc1cccc2ncccc12)c1ccc(Br)cc1. The van der Waals surface area contributed by atoms with Gasteiger partial charge in [-0.2, -0.15) is 0 Å². The number of hydrogen-bond acceptors (Lipinski definition) is 3. The van der Waals surface area contributed by atoms with Crippen LogP contribution in [-0.4, -0.2) is 16.9 Å². The zero-order valence-electron chi connectivity index (χ0n) is 13.8. The first kappa shape index (κ1) is 17.9. The van der Waals surface area contributed by atoms with Crippen molar-refractivity contribution in [1.82, 2.24) is 10.3 Å². The van der Waals surface area contributed by atoms with Crippen molar-refractivity contribution in [2.45, 2.75) is 12.5 Å². The van der Waals surface area contributed by atoms with Crippen molar-refractivity contribution in [2.75, 3.05) is 5.32 Å². The molecule has 0 aliphatic carbocycles.